The van der Waals surface area contributed by atoms with Crippen LogP contribution in [0.2, 0.25) is 0 Å². The first kappa shape index (κ1) is 53.3. The number of phosphoric acid groups is 1. The lowest BCUT2D eigenvalue weighted by atomic mass is 9.34. The average molecular weight is 1090 g/mol. The van der Waals surface area contributed by atoms with Crippen LogP contribution in [0.5, 0.6) is 11.5 Å². The van der Waals surface area contributed by atoms with Crippen LogP contribution in [0.3, 0.4) is 0 Å². The first-order valence-corrected chi connectivity index (χ1v) is 26.9. The van der Waals surface area contributed by atoms with Gasteiger partial charge in [-0.25, -0.2) is 14.2 Å². The third kappa shape index (κ3) is 9.83. The monoisotopic (exact) mass is 1090 g/mol. The molecule has 1 unspecified atom stereocenters. The highest BCUT2D eigenvalue weighted by atomic mass is 35.5. The van der Waals surface area contributed by atoms with E-state index in [1.54, 1.807) is 52.5 Å². The maximum atomic E-state index is 14.8. The molecule has 2 bridgehead atoms. The smallest absolute Gasteiger partial charge is 0.445 e. The number of rotatable bonds is 19. The molecule has 0 saturated heterocycles. The number of hydrogen-bond donors (Lipinski definition) is 8. The number of aromatic nitrogens is 2. The summed E-state index contributed by atoms with van der Waals surface area (Å²) in [4.78, 5) is 111. The van der Waals surface area contributed by atoms with Crippen molar-refractivity contribution in [1.29, 1.82) is 0 Å². The zero-order chi connectivity index (χ0) is 54.1. The Balaban J connectivity index is 0.833. The summed E-state index contributed by atoms with van der Waals surface area (Å²) in [6.45, 7) is 4.40. The first-order valence-electron chi connectivity index (χ1n) is 24.3. The van der Waals surface area contributed by atoms with Gasteiger partial charge in [0.25, 0.3) is 0 Å². The molecule has 4 heterocycles. The number of benzene rings is 3. The van der Waals surface area contributed by atoms with Crippen LogP contribution >= 0.6 is 31.0 Å². The number of carbonyl (C=O) groups is 6. The van der Waals surface area contributed by atoms with Crippen molar-refractivity contribution >= 4 is 106 Å². The van der Waals surface area contributed by atoms with Gasteiger partial charge in [0.05, 0.1) is 39.3 Å². The van der Waals surface area contributed by atoms with Crippen molar-refractivity contribution < 1.29 is 57.1 Å². The minimum absolute atomic E-state index is 0.0641. The largest absolute Gasteiger partial charge is 0.524 e. The van der Waals surface area contributed by atoms with Crippen LogP contribution in [0.25, 0.3) is 21.8 Å². The van der Waals surface area contributed by atoms with Gasteiger partial charge in [-0.2, -0.15) is 0 Å². The minimum Gasteiger partial charge on any atom is -0.445 e. The second-order valence-corrected chi connectivity index (χ2v) is 22.2. The third-order valence-electron chi connectivity index (χ3n) is 15.2. The summed E-state index contributed by atoms with van der Waals surface area (Å²) in [6, 6.07) is 8.23. The predicted octanol–water partition coefficient (Wildman–Crippen LogP) is 5.50. The maximum absolute atomic E-state index is 14.8. The molecule has 5 aromatic rings. The van der Waals surface area contributed by atoms with E-state index in [4.69, 9.17) is 54.4 Å². The van der Waals surface area contributed by atoms with E-state index in [1.165, 1.54) is 30.0 Å². The number of fused-ring (bicyclic) bond motifs is 6. The Labute approximate surface area is 440 Å². The Hall–Kier alpha value is -6.55. The van der Waals surface area contributed by atoms with E-state index in [-0.39, 0.29) is 92.5 Å². The molecule has 3 aromatic carbocycles. The van der Waals surface area contributed by atoms with Crippen LogP contribution in [0.1, 0.15) is 71.8 Å². The topological polar surface area (TPSA) is 322 Å². The van der Waals surface area contributed by atoms with Gasteiger partial charge in [-0.05, 0) is 85.9 Å². The van der Waals surface area contributed by atoms with E-state index in [9.17, 15) is 43.1 Å². The van der Waals surface area contributed by atoms with E-state index < -0.39 is 54.7 Å². The van der Waals surface area contributed by atoms with E-state index in [1.807, 2.05) is 13.8 Å². The van der Waals surface area contributed by atoms with Crippen molar-refractivity contribution in [3.05, 3.63) is 76.6 Å². The average Bonchev–Trinajstić information content (AvgIpc) is 4.19. The molecule has 10 rings (SSSR count). The molecular weight excluding hydrogens is 1030 g/mol. The summed E-state index contributed by atoms with van der Waals surface area (Å²) in [5, 5.41) is 4.48. The minimum atomic E-state index is -4.97. The number of anilines is 3. The van der Waals surface area contributed by atoms with Crippen molar-refractivity contribution in [2.45, 2.75) is 76.5 Å². The number of likely N-dealkylation sites (N-methyl/N-ethyl adjacent to an activating group) is 2. The molecule has 75 heavy (non-hydrogen) atoms. The van der Waals surface area contributed by atoms with Gasteiger partial charge in [0.1, 0.15) is 12.6 Å². The highest BCUT2D eigenvalue weighted by Crippen LogP contribution is 2.75. The van der Waals surface area contributed by atoms with Crippen LogP contribution in [-0.4, -0.2) is 129 Å². The van der Waals surface area contributed by atoms with Crippen LogP contribution in [0.4, 0.5) is 26.7 Å². The Morgan fingerprint density at radius 2 is 1.28 bits per heavy atom. The molecule has 0 spiro atoms. The van der Waals surface area contributed by atoms with E-state index >= 15 is 0 Å². The highest BCUT2D eigenvalue weighted by Gasteiger charge is 2.76. The lowest BCUT2D eigenvalue weighted by Crippen LogP contribution is -2.73. The van der Waals surface area contributed by atoms with E-state index in [0.29, 0.717) is 58.3 Å². The number of nitrogens with two attached hydrogens (primary N) is 3. The fraction of sp³-hybridized carbons (Fsp3) is 0.440. The summed E-state index contributed by atoms with van der Waals surface area (Å²) in [6.07, 6.45) is 3.40. The lowest BCUT2D eigenvalue weighted by molar-refractivity contribution is -0.205. The second-order valence-electron chi connectivity index (χ2n) is 20.4. The van der Waals surface area contributed by atoms with Crippen molar-refractivity contribution in [3.63, 3.8) is 0 Å². The number of aromatic amines is 2. The first-order chi connectivity index (χ1) is 35.5. The van der Waals surface area contributed by atoms with Gasteiger partial charge in [-0.15, -0.1) is 23.2 Å². The number of phosphoric ester groups is 1. The Morgan fingerprint density at radius 1 is 0.787 bits per heavy atom. The molecule has 3 aliphatic carbocycles. The number of nitrogens with one attached hydrogen (secondary N) is 3. The van der Waals surface area contributed by atoms with Crippen LogP contribution in [-0.2, 0) is 35.1 Å². The van der Waals surface area contributed by atoms with E-state index in [2.05, 4.69) is 15.3 Å². The van der Waals surface area contributed by atoms with E-state index in [0.717, 1.165) is 27.6 Å². The molecule has 22 nitrogen and oxygen atoms in total. The number of carbonyl (C=O) groups excluding carboxylic acids is 6. The van der Waals surface area contributed by atoms with Crippen LogP contribution in [0.15, 0.2) is 48.8 Å². The standard InChI is InChI=1S/C50H59Cl2N10O12P/c1-25-17-56-41-35(73-48(68)60(4)12-11-59(3)47(67)72-21-27-5-7-30(8-6-27)58-32(44(55)64)10-9-31(53)43(54)63)13-33-39(37(25)41)28(15-51)19-61(33)45(65)49-22-50(23-49,24-49)46(66)62-20-29(16-52)40-34(62)14-36(74-75(69,70)71)42-38(40)26(2)18-57-42/h5-8,13-14,17-18,28-29,31-32,56-58H,9-12,15-16,19-24,53H2,1-4H3,(H2,54,63)(H2,55,64)(H2,69,70,71)/t28-,29-,31?,32+,49?,50?/m1/s1. The summed E-state index contributed by atoms with van der Waals surface area (Å²) in [5.41, 5.74) is 21.3. The Morgan fingerprint density at radius 3 is 1.76 bits per heavy atom. The molecule has 2 aromatic heterocycles. The van der Waals surface area contributed by atoms with Crippen LogP contribution in [0, 0.1) is 24.7 Å². The number of alkyl halides is 2. The number of amides is 6. The SMILES string of the molecule is Cc1c[nH]c2c(OC(=O)N(C)CCN(C)C(=O)OCc3ccc(N[C@@H](CCC(N)C(N)=O)C(N)=O)cc3)cc3c(c12)[C@H](CCl)CN3C(=O)C12CC(C(=O)N3C[C@@H](CCl)c4c3cc(OP(=O)(O)O)c3[nH]cc(C)c43)(C1)C2. The normalized spacial score (nSPS) is 21.1. The van der Waals surface area contributed by atoms with Crippen molar-refractivity contribution in [2.75, 3.05) is 67.2 Å². The molecule has 25 heteroatoms. The molecule has 2 aliphatic heterocycles. The zero-order valence-corrected chi connectivity index (χ0v) is 44.0. The fourth-order valence-corrected chi connectivity index (χ4v) is 12.2. The molecule has 3 fully saturated rings. The number of ether oxygens (including phenoxy) is 2. The van der Waals surface area contributed by atoms with Gasteiger partial charge in [0.2, 0.25) is 23.6 Å². The quantitative estimate of drug-likeness (QED) is 0.0374. The summed E-state index contributed by atoms with van der Waals surface area (Å²) >= 11 is 13.1. The summed E-state index contributed by atoms with van der Waals surface area (Å²) in [7, 11) is -1.91. The number of hydrogen-bond acceptors (Lipinski definition) is 12. The van der Waals surface area contributed by atoms with Gasteiger partial charge >= 0.3 is 20.0 Å². The highest BCUT2D eigenvalue weighted by molar-refractivity contribution is 7.46. The third-order valence-corrected chi connectivity index (χ3v) is 16.4. The Kier molecular flexibility index (Phi) is 14.3. The summed E-state index contributed by atoms with van der Waals surface area (Å²) < 4.78 is 28.7. The predicted molar refractivity (Wildman–Crippen MR) is 280 cm³/mol. The van der Waals surface area contributed by atoms with Crippen molar-refractivity contribution in [3.8, 4) is 11.5 Å². The molecule has 0 radical (unpaired) electrons. The molecule has 3 saturated carbocycles. The zero-order valence-electron chi connectivity index (χ0n) is 41.6. The fourth-order valence-electron chi connectivity index (χ4n) is 11.3. The lowest BCUT2D eigenvalue weighted by Gasteiger charge is -2.69. The van der Waals surface area contributed by atoms with Crippen molar-refractivity contribution in [1.82, 2.24) is 19.8 Å². The van der Waals surface area contributed by atoms with Gasteiger partial charge in [-0.3, -0.25) is 29.0 Å². The second kappa shape index (κ2) is 20.2. The van der Waals surface area contributed by atoms with Gasteiger partial charge in [0.15, 0.2) is 11.5 Å². The molecular formula is C50H59Cl2N10O12P. The number of halogens is 2. The van der Waals surface area contributed by atoms with Gasteiger partial charge < -0.3 is 66.1 Å². The van der Waals surface area contributed by atoms with Crippen LogP contribution < -0.4 is 41.6 Å². The number of primary amides is 2. The molecule has 11 N–H and O–H groups in total. The van der Waals surface area contributed by atoms with Gasteiger partial charge in [-0.1, -0.05) is 12.1 Å². The molecule has 400 valence electrons. The number of aryl methyl sites for hydroxylation is 2. The van der Waals surface area contributed by atoms with Crippen molar-refractivity contribution in [2.24, 2.45) is 28.0 Å². The molecule has 4 atom stereocenters. The molecule has 6 amide bonds. The number of nitrogens with zero attached hydrogens (tertiary/aromatic N) is 4. The summed E-state index contributed by atoms with van der Waals surface area (Å²) in [5.74, 6) is -1.66. The van der Waals surface area contributed by atoms with Gasteiger partial charge in [0, 0.05) is 105 Å². The maximum Gasteiger partial charge on any atom is 0.524 e. The Bertz CT molecular complexity index is 3180. The number of H-pyrrole nitrogens is 2. The molecule has 5 aliphatic rings.